The molecule has 0 bridgehead atoms. The van der Waals surface area contributed by atoms with E-state index >= 15 is 0 Å². The van der Waals surface area contributed by atoms with Crippen LogP contribution >= 0.6 is 0 Å². The zero-order valence-electron chi connectivity index (χ0n) is 18.0. The lowest BCUT2D eigenvalue weighted by Gasteiger charge is -2.29. The predicted octanol–water partition coefficient (Wildman–Crippen LogP) is 3.75. The fourth-order valence-electron chi connectivity index (χ4n) is 4.54. The van der Waals surface area contributed by atoms with E-state index in [-0.39, 0.29) is 0 Å². The highest BCUT2D eigenvalue weighted by molar-refractivity contribution is 6.68. The minimum absolute atomic E-state index is 0.297. The molecule has 2 aliphatic carbocycles. The quantitative estimate of drug-likeness (QED) is 0.360. The van der Waals surface area contributed by atoms with Crippen molar-refractivity contribution in [1.82, 2.24) is 9.80 Å². The lowest BCUT2D eigenvalue weighted by Crippen LogP contribution is -2.28. The van der Waals surface area contributed by atoms with Crippen LogP contribution in [0.15, 0.2) is 23.5 Å². The topological polar surface area (TPSA) is 57.7 Å². The van der Waals surface area contributed by atoms with Crippen LogP contribution < -0.4 is 0 Å². The first kappa shape index (κ1) is 22.4. The van der Waals surface area contributed by atoms with Crippen LogP contribution in [0.2, 0.25) is 0 Å². The van der Waals surface area contributed by atoms with E-state index in [9.17, 15) is 14.4 Å². The molecule has 156 valence electrons. The largest absolute Gasteiger partial charge is 0.381 e. The minimum atomic E-state index is -0.926. The Kier molecular flexibility index (Phi) is 8.46. The molecule has 28 heavy (non-hydrogen) atoms. The van der Waals surface area contributed by atoms with Gasteiger partial charge in [-0.2, -0.15) is 0 Å². The number of carbonyl (C=O) groups excluding carboxylic acids is 3. The van der Waals surface area contributed by atoms with Gasteiger partial charge in [0.05, 0.1) is 0 Å². The normalized spacial score (nSPS) is 20.0. The van der Waals surface area contributed by atoms with Crippen LogP contribution in [0.5, 0.6) is 0 Å². The molecule has 5 heteroatoms. The summed E-state index contributed by atoms with van der Waals surface area (Å²) in [5, 5.41) is 0. The Morgan fingerprint density at radius 3 is 1.21 bits per heavy atom. The third kappa shape index (κ3) is 6.05. The van der Waals surface area contributed by atoms with Gasteiger partial charge in [0.15, 0.2) is 0 Å². The summed E-state index contributed by atoms with van der Waals surface area (Å²) in [6, 6.07) is 0. The number of allylic oxidation sites excluding steroid dienone is 4. The molecular formula is C23H36N2O3. The summed E-state index contributed by atoms with van der Waals surface area (Å²) in [6.45, 7) is 0. The number of Topliss-reactive ketones (excluding diaryl/α,β-unsaturated/α-hetero) is 1. The lowest BCUT2D eigenvalue weighted by molar-refractivity contribution is -0.140. The maximum Gasteiger partial charge on any atom is 0.272 e. The maximum absolute atomic E-state index is 12.6. The van der Waals surface area contributed by atoms with Gasteiger partial charge >= 0.3 is 0 Å². The molecule has 2 fully saturated rings. The zero-order chi connectivity index (χ0) is 20.7. The summed E-state index contributed by atoms with van der Waals surface area (Å²) in [7, 11) is 7.58. The maximum atomic E-state index is 12.6. The molecule has 2 aliphatic rings. The van der Waals surface area contributed by atoms with E-state index < -0.39 is 17.3 Å². The molecule has 0 aromatic carbocycles. The van der Waals surface area contributed by atoms with Crippen LogP contribution in [0.4, 0.5) is 0 Å². The molecule has 0 radical (unpaired) electrons. The van der Waals surface area contributed by atoms with Gasteiger partial charge in [-0.05, 0) is 37.5 Å². The molecule has 0 amide bonds. The van der Waals surface area contributed by atoms with E-state index in [1.165, 1.54) is 25.0 Å². The van der Waals surface area contributed by atoms with E-state index in [1.807, 2.05) is 38.0 Å². The standard InChI is InChI=1S/C23H36N2O3/c1-24(2)19(17-11-7-5-8-12-17)15-21(26)23(28)22(27)16-20(25(3)4)18-13-9-6-10-14-18/h15-18H,5-14H2,1-4H3. The Labute approximate surface area is 169 Å². The Bertz CT molecular complexity index is 580. The summed E-state index contributed by atoms with van der Waals surface area (Å²) in [5.74, 6) is -1.73. The Hall–Kier alpha value is -1.91. The van der Waals surface area contributed by atoms with E-state index in [4.69, 9.17) is 0 Å². The number of hydrogen-bond donors (Lipinski definition) is 0. The third-order valence-corrected chi connectivity index (χ3v) is 6.09. The summed E-state index contributed by atoms with van der Waals surface area (Å²) in [6.07, 6.45) is 14.0. The molecule has 0 N–H and O–H groups in total. The van der Waals surface area contributed by atoms with Crippen molar-refractivity contribution in [2.24, 2.45) is 11.8 Å². The smallest absolute Gasteiger partial charge is 0.272 e. The first-order valence-electron chi connectivity index (χ1n) is 10.7. The molecule has 0 aromatic rings. The second kappa shape index (κ2) is 10.6. The second-order valence-corrected chi connectivity index (χ2v) is 8.65. The van der Waals surface area contributed by atoms with E-state index in [2.05, 4.69) is 0 Å². The summed E-state index contributed by atoms with van der Waals surface area (Å²) in [5.41, 5.74) is 1.74. The van der Waals surface area contributed by atoms with Crippen molar-refractivity contribution in [1.29, 1.82) is 0 Å². The van der Waals surface area contributed by atoms with Gasteiger partial charge < -0.3 is 9.80 Å². The zero-order valence-corrected chi connectivity index (χ0v) is 18.0. The summed E-state index contributed by atoms with van der Waals surface area (Å²) >= 11 is 0. The molecule has 2 rings (SSSR count). The van der Waals surface area contributed by atoms with Crippen LogP contribution in [0.3, 0.4) is 0 Å². The SMILES string of the molecule is CN(C)C(=CC(=O)C(=O)C(=O)C=C(C1CCCCC1)N(C)C)C1CCCCC1. The van der Waals surface area contributed by atoms with Crippen LogP contribution in [0.25, 0.3) is 0 Å². The number of nitrogens with zero attached hydrogens (tertiary/aromatic N) is 2. The Morgan fingerprint density at radius 1 is 0.607 bits per heavy atom. The average molecular weight is 389 g/mol. The van der Waals surface area contributed by atoms with Gasteiger partial charge in [0, 0.05) is 51.7 Å². The number of rotatable bonds is 8. The highest BCUT2D eigenvalue weighted by Gasteiger charge is 2.26. The highest BCUT2D eigenvalue weighted by atomic mass is 16.2. The fourth-order valence-corrected chi connectivity index (χ4v) is 4.54. The van der Waals surface area contributed by atoms with Crippen molar-refractivity contribution in [3.63, 3.8) is 0 Å². The minimum Gasteiger partial charge on any atom is -0.381 e. The van der Waals surface area contributed by atoms with E-state index in [0.717, 1.165) is 62.8 Å². The van der Waals surface area contributed by atoms with Gasteiger partial charge in [0.2, 0.25) is 11.6 Å². The van der Waals surface area contributed by atoms with Crippen LogP contribution in [-0.2, 0) is 14.4 Å². The number of hydrogen-bond acceptors (Lipinski definition) is 5. The molecule has 0 heterocycles. The van der Waals surface area contributed by atoms with Gasteiger partial charge in [-0.3, -0.25) is 14.4 Å². The highest BCUT2D eigenvalue weighted by Crippen LogP contribution is 2.31. The van der Waals surface area contributed by atoms with Crippen LogP contribution in [0, 0.1) is 11.8 Å². The Balaban J connectivity index is 2.14. The van der Waals surface area contributed by atoms with E-state index in [1.54, 1.807) is 0 Å². The van der Waals surface area contributed by atoms with Gasteiger partial charge in [0.1, 0.15) is 0 Å². The molecule has 0 spiro atoms. The first-order chi connectivity index (χ1) is 13.3. The van der Waals surface area contributed by atoms with Crippen molar-refractivity contribution >= 4 is 17.3 Å². The van der Waals surface area contributed by atoms with Crippen molar-refractivity contribution in [2.45, 2.75) is 64.2 Å². The van der Waals surface area contributed by atoms with Crippen LogP contribution in [-0.4, -0.2) is 55.3 Å². The molecule has 0 unspecified atom stereocenters. The van der Waals surface area contributed by atoms with Crippen molar-refractivity contribution in [3.05, 3.63) is 23.5 Å². The molecular weight excluding hydrogens is 352 g/mol. The summed E-state index contributed by atoms with van der Waals surface area (Å²) in [4.78, 5) is 41.4. The molecule has 2 saturated carbocycles. The van der Waals surface area contributed by atoms with Crippen molar-refractivity contribution < 1.29 is 14.4 Å². The fraction of sp³-hybridized carbons (Fsp3) is 0.696. The van der Waals surface area contributed by atoms with Crippen LogP contribution in [0.1, 0.15) is 64.2 Å². The lowest BCUT2D eigenvalue weighted by atomic mass is 9.85. The van der Waals surface area contributed by atoms with E-state index in [0.29, 0.717) is 11.8 Å². The first-order valence-corrected chi connectivity index (χ1v) is 10.7. The molecule has 0 atom stereocenters. The molecule has 0 saturated heterocycles. The van der Waals surface area contributed by atoms with Gasteiger partial charge in [0.25, 0.3) is 5.78 Å². The van der Waals surface area contributed by atoms with Crippen molar-refractivity contribution in [3.8, 4) is 0 Å². The van der Waals surface area contributed by atoms with Gasteiger partial charge in [-0.25, -0.2) is 0 Å². The summed E-state index contributed by atoms with van der Waals surface area (Å²) < 4.78 is 0. The van der Waals surface area contributed by atoms with Gasteiger partial charge in [-0.15, -0.1) is 0 Å². The average Bonchev–Trinajstić information content (AvgIpc) is 2.70. The molecule has 5 nitrogen and oxygen atoms in total. The second-order valence-electron chi connectivity index (χ2n) is 8.65. The van der Waals surface area contributed by atoms with Crippen molar-refractivity contribution in [2.75, 3.05) is 28.2 Å². The monoisotopic (exact) mass is 388 g/mol. The molecule has 0 aromatic heterocycles. The molecule has 0 aliphatic heterocycles. The number of ketones is 3. The van der Waals surface area contributed by atoms with Gasteiger partial charge in [-0.1, -0.05) is 38.5 Å². The predicted molar refractivity (Wildman–Crippen MR) is 112 cm³/mol. The number of carbonyl (C=O) groups is 3. The third-order valence-electron chi connectivity index (χ3n) is 6.09. The Morgan fingerprint density at radius 2 is 0.929 bits per heavy atom.